The fraction of sp³-hybridized carbons (Fsp3) is 0.524. The summed E-state index contributed by atoms with van der Waals surface area (Å²) in [5.74, 6) is 0.378. The van der Waals surface area contributed by atoms with Gasteiger partial charge in [0.15, 0.2) is 0 Å². The molecule has 27 heavy (non-hydrogen) atoms. The molecule has 1 aromatic heterocycles. The van der Waals surface area contributed by atoms with Crippen molar-refractivity contribution in [2.24, 2.45) is 5.92 Å². The smallest absolute Gasteiger partial charge is 0.237 e. The number of nitrogens with one attached hydrogen (secondary N) is 2. The fourth-order valence-corrected chi connectivity index (χ4v) is 4.30. The van der Waals surface area contributed by atoms with Gasteiger partial charge in [0.25, 0.3) is 0 Å². The first-order valence-corrected chi connectivity index (χ1v) is 9.96. The Labute approximate surface area is 159 Å². The Morgan fingerprint density at radius 3 is 3.07 bits per heavy atom. The van der Waals surface area contributed by atoms with Crippen molar-refractivity contribution in [2.75, 3.05) is 26.2 Å². The molecule has 5 nitrogen and oxygen atoms in total. The molecule has 2 N–H and O–H groups in total. The number of rotatable bonds is 5. The number of carbonyl (C=O) groups excluding carboxylic acids is 1. The first kappa shape index (κ1) is 18.3. The number of fused-ring (bicyclic) bond motifs is 1. The van der Waals surface area contributed by atoms with E-state index in [0.717, 1.165) is 69.5 Å². The maximum atomic E-state index is 14.0. The van der Waals surface area contributed by atoms with Crippen molar-refractivity contribution in [2.45, 2.75) is 38.3 Å². The number of hydrogen-bond donors (Lipinski definition) is 2. The number of likely N-dealkylation sites (tertiary alicyclic amines) is 1. The molecule has 2 unspecified atom stereocenters. The lowest BCUT2D eigenvalue weighted by Gasteiger charge is -2.33. The van der Waals surface area contributed by atoms with Gasteiger partial charge in [-0.2, -0.15) is 0 Å². The van der Waals surface area contributed by atoms with E-state index in [0.29, 0.717) is 11.3 Å². The van der Waals surface area contributed by atoms with Crippen molar-refractivity contribution >= 4 is 16.8 Å². The number of hydrogen-bond acceptors (Lipinski definition) is 4. The highest BCUT2D eigenvalue weighted by atomic mass is 19.1. The summed E-state index contributed by atoms with van der Waals surface area (Å²) < 4.78 is 14.0. The van der Waals surface area contributed by atoms with Crippen LogP contribution in [-0.4, -0.2) is 48.0 Å². The van der Waals surface area contributed by atoms with Crippen LogP contribution in [0.5, 0.6) is 0 Å². The summed E-state index contributed by atoms with van der Waals surface area (Å²) in [6.45, 7) is 4.41. The van der Waals surface area contributed by atoms with E-state index in [1.54, 1.807) is 18.3 Å². The van der Waals surface area contributed by atoms with Gasteiger partial charge in [-0.15, -0.1) is 0 Å². The Bertz CT molecular complexity index is 806. The van der Waals surface area contributed by atoms with Crippen molar-refractivity contribution in [1.82, 2.24) is 20.5 Å². The molecule has 3 heterocycles. The summed E-state index contributed by atoms with van der Waals surface area (Å²) >= 11 is 0. The van der Waals surface area contributed by atoms with Crippen molar-refractivity contribution < 1.29 is 9.18 Å². The Balaban J connectivity index is 1.36. The standard InChI is InChI=1S/C21H27FN4O/c22-18-8-7-16(20-17(18)5-1-10-24-20)14-26-11-3-4-15(13-26)12-25-21(27)19-6-2-9-23-19/h1,5,7-8,10,15,19,23H,2-4,6,9,11-14H2,(H,25,27). The van der Waals surface area contributed by atoms with E-state index in [9.17, 15) is 9.18 Å². The van der Waals surface area contributed by atoms with Crippen LogP contribution in [0.4, 0.5) is 4.39 Å². The second kappa shape index (κ2) is 8.31. The Morgan fingerprint density at radius 1 is 1.30 bits per heavy atom. The van der Waals surface area contributed by atoms with Gasteiger partial charge >= 0.3 is 0 Å². The highest BCUT2D eigenvalue weighted by Gasteiger charge is 2.25. The molecule has 2 atom stereocenters. The van der Waals surface area contributed by atoms with Gasteiger partial charge in [-0.25, -0.2) is 4.39 Å². The van der Waals surface area contributed by atoms with Gasteiger partial charge in [0.05, 0.1) is 11.6 Å². The normalized spacial score (nSPS) is 23.6. The van der Waals surface area contributed by atoms with E-state index < -0.39 is 0 Å². The Hall–Kier alpha value is -2.05. The minimum absolute atomic E-state index is 0.0126. The second-order valence-corrected chi connectivity index (χ2v) is 7.74. The average Bonchev–Trinajstić information content (AvgIpc) is 3.24. The van der Waals surface area contributed by atoms with Crippen LogP contribution in [0.25, 0.3) is 10.9 Å². The van der Waals surface area contributed by atoms with Gasteiger partial charge < -0.3 is 10.6 Å². The molecular formula is C21H27FN4O. The zero-order chi connectivity index (χ0) is 18.6. The van der Waals surface area contributed by atoms with Gasteiger partial charge in [0, 0.05) is 31.2 Å². The average molecular weight is 370 g/mol. The largest absolute Gasteiger partial charge is 0.354 e. The van der Waals surface area contributed by atoms with Gasteiger partial charge in [0.2, 0.25) is 5.91 Å². The number of aromatic nitrogens is 1. The number of nitrogens with zero attached hydrogens (tertiary/aromatic N) is 2. The van der Waals surface area contributed by atoms with Crippen molar-refractivity contribution in [3.8, 4) is 0 Å². The molecule has 2 saturated heterocycles. The molecule has 0 spiro atoms. The number of pyridine rings is 1. The van der Waals surface area contributed by atoms with Crippen LogP contribution in [-0.2, 0) is 11.3 Å². The number of halogens is 1. The molecule has 6 heteroatoms. The number of carbonyl (C=O) groups is 1. The minimum Gasteiger partial charge on any atom is -0.354 e. The maximum Gasteiger partial charge on any atom is 0.237 e. The molecule has 1 aromatic carbocycles. The molecular weight excluding hydrogens is 343 g/mol. The van der Waals surface area contributed by atoms with Crippen LogP contribution < -0.4 is 10.6 Å². The third-order valence-corrected chi connectivity index (χ3v) is 5.74. The van der Waals surface area contributed by atoms with Gasteiger partial charge in [-0.3, -0.25) is 14.7 Å². The van der Waals surface area contributed by atoms with E-state index in [-0.39, 0.29) is 17.8 Å². The predicted octanol–water partition coefficient (Wildman–Crippen LogP) is 2.45. The monoisotopic (exact) mass is 370 g/mol. The number of benzene rings is 1. The summed E-state index contributed by atoms with van der Waals surface area (Å²) in [4.78, 5) is 19.0. The lowest BCUT2D eigenvalue weighted by atomic mass is 9.97. The first-order chi connectivity index (χ1) is 13.2. The highest BCUT2D eigenvalue weighted by molar-refractivity contribution is 5.82. The second-order valence-electron chi connectivity index (χ2n) is 7.74. The summed E-state index contributed by atoms with van der Waals surface area (Å²) in [6.07, 6.45) is 5.99. The zero-order valence-electron chi connectivity index (χ0n) is 15.6. The molecule has 2 aliphatic heterocycles. The molecule has 1 amide bonds. The van der Waals surface area contributed by atoms with E-state index >= 15 is 0 Å². The van der Waals surface area contributed by atoms with E-state index in [1.807, 2.05) is 6.07 Å². The van der Waals surface area contributed by atoms with Crippen molar-refractivity contribution in [1.29, 1.82) is 0 Å². The summed E-state index contributed by atoms with van der Waals surface area (Å²) in [5.41, 5.74) is 1.81. The lowest BCUT2D eigenvalue weighted by molar-refractivity contribution is -0.123. The zero-order valence-corrected chi connectivity index (χ0v) is 15.6. The van der Waals surface area contributed by atoms with Crippen molar-refractivity contribution in [3.05, 3.63) is 41.8 Å². The molecule has 0 bridgehead atoms. The van der Waals surface area contributed by atoms with Crippen LogP contribution >= 0.6 is 0 Å². The highest BCUT2D eigenvalue weighted by Crippen LogP contribution is 2.23. The van der Waals surface area contributed by atoms with Crippen LogP contribution in [0.15, 0.2) is 30.5 Å². The SMILES string of the molecule is O=C(NCC1CCCN(Cc2ccc(F)c3cccnc23)C1)C1CCCN1. The lowest BCUT2D eigenvalue weighted by Crippen LogP contribution is -2.45. The first-order valence-electron chi connectivity index (χ1n) is 9.96. The van der Waals surface area contributed by atoms with E-state index in [1.165, 1.54) is 6.07 Å². The predicted molar refractivity (Wildman–Crippen MR) is 104 cm³/mol. The molecule has 4 rings (SSSR count). The fourth-order valence-electron chi connectivity index (χ4n) is 4.30. The summed E-state index contributed by atoms with van der Waals surface area (Å²) in [5, 5.41) is 6.96. The molecule has 2 aliphatic rings. The van der Waals surface area contributed by atoms with Crippen LogP contribution in [0.3, 0.4) is 0 Å². The molecule has 0 aliphatic carbocycles. The molecule has 2 aromatic rings. The third-order valence-electron chi connectivity index (χ3n) is 5.74. The van der Waals surface area contributed by atoms with Crippen LogP contribution in [0.1, 0.15) is 31.2 Å². The molecule has 0 saturated carbocycles. The quantitative estimate of drug-likeness (QED) is 0.849. The third kappa shape index (κ3) is 4.28. The topological polar surface area (TPSA) is 57.3 Å². The van der Waals surface area contributed by atoms with Crippen molar-refractivity contribution in [3.63, 3.8) is 0 Å². The van der Waals surface area contributed by atoms with Crippen LogP contribution in [0, 0.1) is 11.7 Å². The summed E-state index contributed by atoms with van der Waals surface area (Å²) in [7, 11) is 0. The summed E-state index contributed by atoms with van der Waals surface area (Å²) in [6, 6.07) is 6.93. The van der Waals surface area contributed by atoms with Gasteiger partial charge in [-0.05, 0) is 68.5 Å². The number of piperidine rings is 1. The Morgan fingerprint density at radius 2 is 2.22 bits per heavy atom. The number of amides is 1. The van der Waals surface area contributed by atoms with Gasteiger partial charge in [-0.1, -0.05) is 6.07 Å². The molecule has 144 valence electrons. The van der Waals surface area contributed by atoms with Gasteiger partial charge in [0.1, 0.15) is 5.82 Å². The van der Waals surface area contributed by atoms with Crippen LogP contribution in [0.2, 0.25) is 0 Å². The minimum atomic E-state index is -0.221. The molecule has 0 radical (unpaired) electrons. The molecule has 2 fully saturated rings. The van der Waals surface area contributed by atoms with E-state index in [4.69, 9.17) is 0 Å². The van der Waals surface area contributed by atoms with E-state index in [2.05, 4.69) is 20.5 Å². The Kier molecular flexibility index (Phi) is 5.64. The maximum absolute atomic E-state index is 14.0.